The van der Waals surface area contributed by atoms with Crippen LogP contribution in [0.25, 0.3) is 0 Å². The van der Waals surface area contributed by atoms with Crippen LogP contribution in [0.5, 0.6) is 0 Å². The van der Waals surface area contributed by atoms with E-state index in [0.29, 0.717) is 24.3 Å². The van der Waals surface area contributed by atoms with E-state index >= 15 is 0 Å². The van der Waals surface area contributed by atoms with Crippen molar-refractivity contribution in [2.45, 2.75) is 65.3 Å². The van der Waals surface area contributed by atoms with Gasteiger partial charge in [0.15, 0.2) is 0 Å². The van der Waals surface area contributed by atoms with Crippen LogP contribution in [0, 0.1) is 12.8 Å². The summed E-state index contributed by atoms with van der Waals surface area (Å²) >= 11 is 0. The first-order chi connectivity index (χ1) is 9.58. The fourth-order valence-corrected chi connectivity index (χ4v) is 3.25. The number of aryl methyl sites for hydroxylation is 1. The number of carbonyl (C=O) groups excluding carboxylic acids is 1. The van der Waals surface area contributed by atoms with Gasteiger partial charge in [-0.15, -0.1) is 0 Å². The molecule has 2 heteroatoms. The molecule has 0 radical (unpaired) electrons. The highest BCUT2D eigenvalue weighted by Crippen LogP contribution is 2.51. The quantitative estimate of drug-likeness (QED) is 0.835. The fraction of sp³-hybridized carbons (Fsp3) is 0.611. The number of nitrogens with one attached hydrogen (secondary N) is 1. The van der Waals surface area contributed by atoms with E-state index in [1.54, 1.807) is 0 Å². The van der Waals surface area contributed by atoms with Gasteiger partial charge in [0.05, 0.1) is 0 Å². The largest absolute Gasteiger partial charge is 0.353 e. The molecule has 0 aromatic heterocycles. The lowest BCUT2D eigenvalue weighted by Crippen LogP contribution is -2.33. The Morgan fingerprint density at radius 3 is 2.80 bits per heavy atom. The minimum atomic E-state index is 0.168. The van der Waals surface area contributed by atoms with Crippen LogP contribution >= 0.6 is 0 Å². The Hall–Kier alpha value is -1.31. The average Bonchev–Trinajstić information content (AvgIpc) is 3.21. The zero-order chi connectivity index (χ0) is 14.7. The van der Waals surface area contributed by atoms with E-state index in [0.717, 1.165) is 0 Å². The van der Waals surface area contributed by atoms with Crippen molar-refractivity contribution in [2.24, 2.45) is 5.92 Å². The van der Waals surface area contributed by atoms with Gasteiger partial charge in [-0.3, -0.25) is 4.79 Å². The van der Waals surface area contributed by atoms with Crippen LogP contribution in [0.3, 0.4) is 0 Å². The zero-order valence-corrected chi connectivity index (χ0v) is 13.2. The Morgan fingerprint density at radius 1 is 1.40 bits per heavy atom. The highest BCUT2D eigenvalue weighted by atomic mass is 16.1. The van der Waals surface area contributed by atoms with E-state index < -0.39 is 0 Å². The van der Waals surface area contributed by atoms with Crippen molar-refractivity contribution in [1.82, 2.24) is 5.32 Å². The van der Waals surface area contributed by atoms with Gasteiger partial charge in [0.1, 0.15) is 0 Å². The minimum Gasteiger partial charge on any atom is -0.353 e. The normalized spacial score (nSPS) is 22.4. The highest BCUT2D eigenvalue weighted by molar-refractivity contribution is 5.75. The number of carbonyl (C=O) groups is 1. The predicted molar refractivity (Wildman–Crippen MR) is 83.9 cm³/mol. The van der Waals surface area contributed by atoms with Crippen molar-refractivity contribution in [3.05, 3.63) is 34.9 Å². The lowest BCUT2D eigenvalue weighted by atomic mass is 9.93. The van der Waals surface area contributed by atoms with Gasteiger partial charge in [-0.05, 0) is 55.2 Å². The molecule has 1 unspecified atom stereocenters. The van der Waals surface area contributed by atoms with Crippen LogP contribution in [-0.4, -0.2) is 11.9 Å². The molecule has 1 fully saturated rings. The summed E-state index contributed by atoms with van der Waals surface area (Å²) in [6, 6.07) is 6.97. The lowest BCUT2D eigenvalue weighted by Gasteiger charge is -2.15. The maximum Gasteiger partial charge on any atom is 0.219 e. The van der Waals surface area contributed by atoms with E-state index in [2.05, 4.69) is 44.3 Å². The SMILES string of the molecule is CCCc1c(C)cccc1[C@@H]1CC1[C@@H](C)NC(=O)CC. The van der Waals surface area contributed by atoms with Gasteiger partial charge in [0.25, 0.3) is 0 Å². The molecule has 2 nitrogen and oxygen atoms in total. The Bertz CT molecular complexity index is 480. The molecule has 1 aliphatic rings. The van der Waals surface area contributed by atoms with Gasteiger partial charge in [-0.25, -0.2) is 0 Å². The van der Waals surface area contributed by atoms with Gasteiger partial charge >= 0.3 is 0 Å². The third-order valence-electron chi connectivity index (χ3n) is 4.54. The molecule has 1 amide bonds. The van der Waals surface area contributed by atoms with Crippen LogP contribution in [0.2, 0.25) is 0 Å². The number of hydrogen-bond donors (Lipinski definition) is 1. The van der Waals surface area contributed by atoms with Crippen molar-refractivity contribution in [1.29, 1.82) is 0 Å². The zero-order valence-electron chi connectivity index (χ0n) is 13.2. The first kappa shape index (κ1) is 15.1. The summed E-state index contributed by atoms with van der Waals surface area (Å²) in [5.41, 5.74) is 4.48. The monoisotopic (exact) mass is 273 g/mol. The summed E-state index contributed by atoms with van der Waals surface area (Å²) < 4.78 is 0. The van der Waals surface area contributed by atoms with E-state index in [4.69, 9.17) is 0 Å². The molecular weight excluding hydrogens is 246 g/mol. The van der Waals surface area contributed by atoms with Crippen molar-refractivity contribution in [2.75, 3.05) is 0 Å². The topological polar surface area (TPSA) is 29.1 Å². The van der Waals surface area contributed by atoms with Gasteiger partial charge in [0, 0.05) is 12.5 Å². The number of benzene rings is 1. The molecule has 20 heavy (non-hydrogen) atoms. The van der Waals surface area contributed by atoms with Gasteiger partial charge in [0.2, 0.25) is 5.91 Å². The Kier molecular flexibility index (Phi) is 4.85. The molecule has 0 heterocycles. The Morgan fingerprint density at radius 2 is 2.15 bits per heavy atom. The molecule has 0 spiro atoms. The molecule has 1 aromatic rings. The third-order valence-corrected chi connectivity index (χ3v) is 4.54. The summed E-state index contributed by atoms with van der Waals surface area (Å²) in [6.07, 6.45) is 4.15. The molecule has 1 saturated carbocycles. The second-order valence-electron chi connectivity index (χ2n) is 6.11. The van der Waals surface area contributed by atoms with Crippen LogP contribution < -0.4 is 5.32 Å². The highest BCUT2D eigenvalue weighted by Gasteiger charge is 2.43. The maximum absolute atomic E-state index is 11.5. The fourth-order valence-electron chi connectivity index (χ4n) is 3.25. The lowest BCUT2D eigenvalue weighted by molar-refractivity contribution is -0.121. The van der Waals surface area contributed by atoms with Gasteiger partial charge in [-0.2, -0.15) is 0 Å². The standard InChI is InChI=1S/C18H27NO/c1-5-8-14-12(3)9-7-10-15(14)17-11-16(17)13(4)19-18(20)6-2/h7,9-10,13,16-17H,5-6,8,11H2,1-4H3,(H,19,20)/t13-,16?,17+/m1/s1. The van der Waals surface area contributed by atoms with Crippen LogP contribution in [0.4, 0.5) is 0 Å². The van der Waals surface area contributed by atoms with Gasteiger partial charge in [-0.1, -0.05) is 38.5 Å². The molecular formula is C18H27NO. The van der Waals surface area contributed by atoms with Crippen LogP contribution in [0.1, 0.15) is 62.6 Å². The third kappa shape index (κ3) is 3.23. The first-order valence-corrected chi connectivity index (χ1v) is 7.96. The molecule has 1 aliphatic carbocycles. The van der Waals surface area contributed by atoms with Crippen molar-refractivity contribution < 1.29 is 4.79 Å². The Balaban J connectivity index is 2.08. The van der Waals surface area contributed by atoms with E-state index in [1.165, 1.54) is 36.0 Å². The number of rotatable bonds is 6. The summed E-state index contributed by atoms with van der Waals surface area (Å²) in [5.74, 6) is 1.42. The van der Waals surface area contributed by atoms with Gasteiger partial charge < -0.3 is 5.32 Å². The molecule has 110 valence electrons. The summed E-state index contributed by atoms with van der Waals surface area (Å²) in [4.78, 5) is 11.5. The molecule has 0 aliphatic heterocycles. The average molecular weight is 273 g/mol. The first-order valence-electron chi connectivity index (χ1n) is 7.96. The van der Waals surface area contributed by atoms with Crippen LogP contribution in [0.15, 0.2) is 18.2 Å². The summed E-state index contributed by atoms with van der Waals surface area (Å²) in [7, 11) is 0. The summed E-state index contributed by atoms with van der Waals surface area (Å²) in [6.45, 7) is 8.51. The predicted octanol–water partition coefficient (Wildman–Crippen LogP) is 3.97. The van der Waals surface area contributed by atoms with Crippen LogP contribution in [-0.2, 0) is 11.2 Å². The number of amides is 1. The van der Waals surface area contributed by atoms with Crippen molar-refractivity contribution >= 4 is 5.91 Å². The maximum atomic E-state index is 11.5. The smallest absolute Gasteiger partial charge is 0.219 e. The Labute approximate surface area is 123 Å². The van der Waals surface area contributed by atoms with Crippen molar-refractivity contribution in [3.63, 3.8) is 0 Å². The molecule has 1 aromatic carbocycles. The van der Waals surface area contributed by atoms with Crippen molar-refractivity contribution in [3.8, 4) is 0 Å². The summed E-state index contributed by atoms with van der Waals surface area (Å²) in [5, 5.41) is 3.12. The molecule has 0 saturated heterocycles. The second kappa shape index (κ2) is 6.43. The van der Waals surface area contributed by atoms with E-state index in [9.17, 15) is 4.79 Å². The number of hydrogen-bond acceptors (Lipinski definition) is 1. The van der Waals surface area contributed by atoms with E-state index in [-0.39, 0.29) is 5.91 Å². The minimum absolute atomic E-state index is 0.168. The molecule has 3 atom stereocenters. The molecule has 1 N–H and O–H groups in total. The van der Waals surface area contributed by atoms with E-state index in [1.807, 2.05) is 6.92 Å². The molecule has 2 rings (SSSR count). The second-order valence-corrected chi connectivity index (χ2v) is 6.11. The molecule has 0 bridgehead atoms.